The fourth-order valence-corrected chi connectivity index (χ4v) is 3.11. The lowest BCUT2D eigenvalue weighted by Gasteiger charge is -2.08. The topological polar surface area (TPSA) is 59.3 Å². The van der Waals surface area contributed by atoms with E-state index in [4.69, 9.17) is 9.47 Å². The van der Waals surface area contributed by atoms with Gasteiger partial charge in [0.2, 0.25) is 0 Å². The molecular weight excluding hydrogens is 418 g/mol. The molecule has 0 aromatic heterocycles. The normalized spacial score (nSPS) is 10.8. The monoisotopic (exact) mass is 433 g/mol. The molecule has 0 aliphatic carbocycles. The highest BCUT2D eigenvalue weighted by molar-refractivity contribution is 9.10. The van der Waals surface area contributed by atoms with Crippen molar-refractivity contribution in [1.29, 1.82) is 5.26 Å². The van der Waals surface area contributed by atoms with E-state index in [1.54, 1.807) is 55.7 Å². The molecule has 0 saturated heterocycles. The number of carbonyl (C=O) groups is 1. The molecule has 0 radical (unpaired) electrons. The number of halogens is 1. The van der Waals surface area contributed by atoms with E-state index in [0.717, 1.165) is 5.56 Å². The van der Waals surface area contributed by atoms with Crippen molar-refractivity contribution >= 4 is 33.5 Å². The lowest BCUT2D eigenvalue weighted by molar-refractivity contribution is 0.0734. The van der Waals surface area contributed by atoms with Crippen LogP contribution in [0.4, 0.5) is 0 Å². The van der Waals surface area contributed by atoms with E-state index in [2.05, 4.69) is 22.0 Å². The number of esters is 1. The minimum Gasteiger partial charge on any atom is -0.496 e. The van der Waals surface area contributed by atoms with Gasteiger partial charge in [-0.2, -0.15) is 5.26 Å². The average Bonchev–Trinajstić information content (AvgIpc) is 2.72. The number of nitriles is 1. The van der Waals surface area contributed by atoms with Gasteiger partial charge in [0.25, 0.3) is 0 Å². The van der Waals surface area contributed by atoms with Gasteiger partial charge < -0.3 is 9.47 Å². The van der Waals surface area contributed by atoms with Crippen LogP contribution in [0.3, 0.4) is 0 Å². The van der Waals surface area contributed by atoms with Gasteiger partial charge in [0.05, 0.1) is 24.3 Å². The lowest BCUT2D eigenvalue weighted by Crippen LogP contribution is -2.09. The quantitative estimate of drug-likeness (QED) is 0.222. The summed E-state index contributed by atoms with van der Waals surface area (Å²) < 4.78 is 11.5. The predicted octanol–water partition coefficient (Wildman–Crippen LogP) is 5.74. The molecule has 138 valence electrons. The maximum atomic E-state index is 12.4. The second-order valence-electron chi connectivity index (χ2n) is 5.81. The summed E-state index contributed by atoms with van der Waals surface area (Å²) in [5, 5.41) is 9.59. The zero-order valence-electron chi connectivity index (χ0n) is 15.1. The average molecular weight is 434 g/mol. The summed E-state index contributed by atoms with van der Waals surface area (Å²) in [4.78, 5) is 12.4. The number of benzene rings is 3. The van der Waals surface area contributed by atoms with Gasteiger partial charge in [0.1, 0.15) is 11.5 Å². The van der Waals surface area contributed by atoms with E-state index in [9.17, 15) is 10.1 Å². The SMILES string of the molecule is COc1ccccc1/C(C#N)=C\c1cccc(OC(=O)c2ccccc2Br)c1. The highest BCUT2D eigenvalue weighted by Gasteiger charge is 2.12. The molecular formula is C23H16BrNO3. The van der Waals surface area contributed by atoms with Gasteiger partial charge >= 0.3 is 5.97 Å². The highest BCUT2D eigenvalue weighted by Crippen LogP contribution is 2.28. The summed E-state index contributed by atoms with van der Waals surface area (Å²) in [6.45, 7) is 0. The standard InChI is InChI=1S/C23H16BrNO3/c1-27-22-12-5-3-9-19(22)17(15-25)13-16-7-6-8-18(14-16)28-23(26)20-10-2-4-11-21(20)24/h2-14H,1H3/b17-13-. The summed E-state index contributed by atoms with van der Waals surface area (Å²) in [5.41, 5.74) is 2.32. The van der Waals surface area contributed by atoms with Crippen molar-refractivity contribution in [2.24, 2.45) is 0 Å². The summed E-state index contributed by atoms with van der Waals surface area (Å²) in [5.74, 6) is 0.553. The molecule has 0 heterocycles. The summed E-state index contributed by atoms with van der Waals surface area (Å²) in [6, 6.07) is 23.6. The molecule has 28 heavy (non-hydrogen) atoms. The number of ether oxygens (including phenoxy) is 2. The Morgan fingerprint density at radius 2 is 1.71 bits per heavy atom. The lowest BCUT2D eigenvalue weighted by atomic mass is 10.0. The smallest absolute Gasteiger partial charge is 0.344 e. The molecule has 0 N–H and O–H groups in total. The predicted molar refractivity (Wildman–Crippen MR) is 112 cm³/mol. The van der Waals surface area contributed by atoms with Crippen LogP contribution in [-0.2, 0) is 0 Å². The second kappa shape index (κ2) is 9.03. The van der Waals surface area contributed by atoms with Gasteiger partial charge in [-0.25, -0.2) is 4.79 Å². The number of rotatable bonds is 5. The number of methoxy groups -OCH3 is 1. The first-order valence-corrected chi connectivity index (χ1v) is 9.23. The Bertz CT molecular complexity index is 1080. The number of hydrogen-bond donors (Lipinski definition) is 0. The molecule has 0 saturated carbocycles. The Hall–Kier alpha value is -3.36. The van der Waals surface area contributed by atoms with Gasteiger partial charge in [0.15, 0.2) is 0 Å². The van der Waals surface area contributed by atoms with Gasteiger partial charge in [-0.15, -0.1) is 0 Å². The molecule has 0 unspecified atom stereocenters. The Balaban J connectivity index is 1.88. The van der Waals surface area contributed by atoms with Crippen molar-refractivity contribution in [3.05, 3.63) is 94.0 Å². The van der Waals surface area contributed by atoms with Crippen molar-refractivity contribution in [3.63, 3.8) is 0 Å². The minimum atomic E-state index is -0.459. The van der Waals surface area contributed by atoms with Crippen molar-refractivity contribution < 1.29 is 14.3 Å². The number of nitrogens with zero attached hydrogens (tertiary/aromatic N) is 1. The van der Waals surface area contributed by atoms with Gasteiger partial charge in [-0.05, 0) is 64.0 Å². The third-order valence-electron chi connectivity index (χ3n) is 3.99. The molecule has 0 amide bonds. The van der Waals surface area contributed by atoms with E-state index in [1.165, 1.54) is 0 Å². The van der Waals surface area contributed by atoms with Crippen molar-refractivity contribution in [1.82, 2.24) is 0 Å². The third kappa shape index (κ3) is 4.48. The summed E-state index contributed by atoms with van der Waals surface area (Å²) >= 11 is 3.35. The van der Waals surface area contributed by atoms with Crippen molar-refractivity contribution in [3.8, 4) is 17.6 Å². The first-order chi connectivity index (χ1) is 13.6. The Morgan fingerprint density at radius 3 is 2.43 bits per heavy atom. The van der Waals surface area contributed by atoms with Crippen molar-refractivity contribution in [2.45, 2.75) is 0 Å². The zero-order valence-corrected chi connectivity index (χ0v) is 16.6. The fraction of sp³-hybridized carbons (Fsp3) is 0.0435. The van der Waals surface area contributed by atoms with E-state index in [1.807, 2.05) is 30.3 Å². The van der Waals surface area contributed by atoms with Crippen LogP contribution in [0.5, 0.6) is 11.5 Å². The maximum absolute atomic E-state index is 12.4. The molecule has 0 aliphatic heterocycles. The summed E-state index contributed by atoms with van der Waals surface area (Å²) in [7, 11) is 1.57. The number of para-hydroxylation sites is 1. The largest absolute Gasteiger partial charge is 0.496 e. The highest BCUT2D eigenvalue weighted by atomic mass is 79.9. The molecule has 3 aromatic rings. The van der Waals surface area contributed by atoms with Crippen molar-refractivity contribution in [2.75, 3.05) is 7.11 Å². The van der Waals surface area contributed by atoms with E-state index in [0.29, 0.717) is 32.7 Å². The van der Waals surface area contributed by atoms with E-state index >= 15 is 0 Å². The Kier molecular flexibility index (Phi) is 6.25. The maximum Gasteiger partial charge on any atom is 0.344 e. The van der Waals surface area contributed by atoms with Crippen LogP contribution < -0.4 is 9.47 Å². The van der Waals surface area contributed by atoms with Crippen LogP contribution >= 0.6 is 15.9 Å². The second-order valence-corrected chi connectivity index (χ2v) is 6.67. The molecule has 0 fully saturated rings. The Labute approximate surface area is 171 Å². The minimum absolute atomic E-state index is 0.395. The number of hydrogen-bond acceptors (Lipinski definition) is 4. The fourth-order valence-electron chi connectivity index (χ4n) is 2.66. The van der Waals surface area contributed by atoms with Crippen LogP contribution in [-0.4, -0.2) is 13.1 Å². The van der Waals surface area contributed by atoms with E-state index < -0.39 is 5.97 Å². The first kappa shape index (κ1) is 19.4. The molecule has 3 rings (SSSR count). The van der Waals surface area contributed by atoms with Gasteiger partial charge in [0, 0.05) is 10.0 Å². The van der Waals surface area contributed by atoms with E-state index in [-0.39, 0.29) is 0 Å². The molecule has 0 spiro atoms. The molecule has 4 nitrogen and oxygen atoms in total. The summed E-state index contributed by atoms with van der Waals surface area (Å²) in [6.07, 6.45) is 1.73. The van der Waals surface area contributed by atoms with Crippen LogP contribution in [0, 0.1) is 11.3 Å². The van der Waals surface area contributed by atoms with Crippen LogP contribution in [0.15, 0.2) is 77.3 Å². The molecule has 0 bridgehead atoms. The van der Waals surface area contributed by atoms with Gasteiger partial charge in [-0.3, -0.25) is 0 Å². The van der Waals surface area contributed by atoms with Crippen LogP contribution in [0.2, 0.25) is 0 Å². The Morgan fingerprint density at radius 1 is 1.00 bits per heavy atom. The molecule has 0 aliphatic rings. The van der Waals surface area contributed by atoms with Crippen LogP contribution in [0.1, 0.15) is 21.5 Å². The van der Waals surface area contributed by atoms with Crippen LogP contribution in [0.25, 0.3) is 11.6 Å². The van der Waals surface area contributed by atoms with Gasteiger partial charge in [-0.1, -0.05) is 36.4 Å². The number of carbonyl (C=O) groups excluding carboxylic acids is 1. The molecule has 3 aromatic carbocycles. The first-order valence-electron chi connectivity index (χ1n) is 8.44. The molecule has 0 atom stereocenters. The number of allylic oxidation sites excluding steroid dienone is 1. The zero-order chi connectivity index (χ0) is 19.9. The molecule has 5 heteroatoms. The third-order valence-corrected chi connectivity index (χ3v) is 4.68.